The number of hydrogen-bond acceptors (Lipinski definition) is 2. The molecule has 0 saturated carbocycles. The predicted molar refractivity (Wildman–Crippen MR) is 86.7 cm³/mol. The highest BCUT2D eigenvalue weighted by atomic mass is 79.9. The summed E-state index contributed by atoms with van der Waals surface area (Å²) < 4.78 is 39.6. The molecule has 0 aliphatic heterocycles. The van der Waals surface area contributed by atoms with E-state index >= 15 is 0 Å². The Bertz CT molecular complexity index is 588. The lowest BCUT2D eigenvalue weighted by Crippen LogP contribution is -2.17. The molecule has 1 aromatic carbocycles. The van der Waals surface area contributed by atoms with Crippen molar-refractivity contribution in [2.75, 3.05) is 7.05 Å². The van der Waals surface area contributed by atoms with Crippen LogP contribution in [0.2, 0.25) is 0 Å². The summed E-state index contributed by atoms with van der Waals surface area (Å²) in [4.78, 5) is 1.12. The van der Waals surface area contributed by atoms with Gasteiger partial charge in [0.2, 0.25) is 0 Å². The first kappa shape index (κ1) is 17.0. The van der Waals surface area contributed by atoms with Crippen LogP contribution in [-0.4, -0.2) is 7.05 Å². The fourth-order valence-corrected chi connectivity index (χ4v) is 4.15. The van der Waals surface area contributed by atoms with E-state index in [0.29, 0.717) is 6.42 Å². The molecular formula is C14H12Br2F3NS. The first-order valence-electron chi connectivity index (χ1n) is 6.09. The van der Waals surface area contributed by atoms with E-state index in [-0.39, 0.29) is 6.04 Å². The maximum absolute atomic E-state index is 12.5. The maximum Gasteiger partial charge on any atom is 0.416 e. The molecule has 0 amide bonds. The van der Waals surface area contributed by atoms with Gasteiger partial charge in [0.15, 0.2) is 0 Å². The van der Waals surface area contributed by atoms with Crippen molar-refractivity contribution in [2.24, 2.45) is 0 Å². The van der Waals surface area contributed by atoms with E-state index in [1.165, 1.54) is 12.1 Å². The molecule has 1 N–H and O–H groups in total. The van der Waals surface area contributed by atoms with Crippen LogP contribution in [0.1, 0.15) is 22.0 Å². The molecule has 0 saturated heterocycles. The van der Waals surface area contributed by atoms with E-state index in [1.807, 2.05) is 13.1 Å². The van der Waals surface area contributed by atoms with Crippen LogP contribution < -0.4 is 5.32 Å². The zero-order valence-corrected chi connectivity index (χ0v) is 15.0. The molecule has 0 aliphatic carbocycles. The number of thiophene rings is 1. The maximum atomic E-state index is 12.5. The molecular weight excluding hydrogens is 431 g/mol. The molecule has 1 aromatic heterocycles. The number of alkyl halides is 3. The van der Waals surface area contributed by atoms with Crippen LogP contribution in [0.3, 0.4) is 0 Å². The zero-order chi connectivity index (χ0) is 15.6. The Morgan fingerprint density at radius 2 is 1.81 bits per heavy atom. The molecule has 1 unspecified atom stereocenters. The van der Waals surface area contributed by atoms with Crippen molar-refractivity contribution in [1.29, 1.82) is 0 Å². The van der Waals surface area contributed by atoms with E-state index < -0.39 is 11.7 Å². The summed E-state index contributed by atoms with van der Waals surface area (Å²) in [6.07, 6.45) is -3.65. The lowest BCUT2D eigenvalue weighted by atomic mass is 10.0. The van der Waals surface area contributed by atoms with Crippen LogP contribution in [-0.2, 0) is 12.6 Å². The van der Waals surface area contributed by atoms with Crippen molar-refractivity contribution in [3.63, 3.8) is 0 Å². The molecule has 1 nitrogen and oxygen atoms in total. The number of nitrogens with one attached hydrogen (secondary N) is 1. The van der Waals surface area contributed by atoms with Crippen LogP contribution >= 0.6 is 43.2 Å². The van der Waals surface area contributed by atoms with E-state index in [9.17, 15) is 13.2 Å². The highest BCUT2D eigenvalue weighted by Gasteiger charge is 2.30. The fourth-order valence-electron chi connectivity index (χ4n) is 1.95. The van der Waals surface area contributed by atoms with Gasteiger partial charge in [0.25, 0.3) is 0 Å². The van der Waals surface area contributed by atoms with Crippen molar-refractivity contribution in [3.8, 4) is 0 Å². The second-order valence-electron chi connectivity index (χ2n) is 4.51. The van der Waals surface area contributed by atoms with Crippen LogP contribution in [0.4, 0.5) is 13.2 Å². The average molecular weight is 443 g/mol. The van der Waals surface area contributed by atoms with E-state index in [0.717, 1.165) is 30.8 Å². The molecule has 21 heavy (non-hydrogen) atoms. The standard InChI is InChI=1S/C14H12Br2F3NS/c1-20-11(12-7-10(15)13(16)21-12)6-8-2-4-9(5-3-8)14(17,18)19/h2-5,7,11,20H,6H2,1H3. The van der Waals surface area contributed by atoms with Crippen molar-refractivity contribution in [1.82, 2.24) is 5.32 Å². The number of hydrogen-bond donors (Lipinski definition) is 1. The van der Waals surface area contributed by atoms with Crippen LogP contribution in [0.5, 0.6) is 0 Å². The second kappa shape index (κ2) is 6.81. The van der Waals surface area contributed by atoms with Gasteiger partial charge in [-0.15, -0.1) is 11.3 Å². The first-order valence-corrected chi connectivity index (χ1v) is 8.49. The van der Waals surface area contributed by atoms with Crippen molar-refractivity contribution >= 4 is 43.2 Å². The third-order valence-corrected chi connectivity index (χ3v) is 6.45. The summed E-state index contributed by atoms with van der Waals surface area (Å²) >= 11 is 8.49. The fraction of sp³-hybridized carbons (Fsp3) is 0.286. The summed E-state index contributed by atoms with van der Waals surface area (Å²) in [7, 11) is 1.84. The van der Waals surface area contributed by atoms with Gasteiger partial charge in [-0.3, -0.25) is 0 Å². The van der Waals surface area contributed by atoms with Gasteiger partial charge in [0, 0.05) is 15.4 Å². The molecule has 114 valence electrons. The van der Waals surface area contributed by atoms with Gasteiger partial charge >= 0.3 is 6.18 Å². The van der Waals surface area contributed by atoms with Crippen molar-refractivity contribution < 1.29 is 13.2 Å². The lowest BCUT2D eigenvalue weighted by molar-refractivity contribution is -0.137. The minimum Gasteiger partial charge on any atom is -0.312 e. The average Bonchev–Trinajstić information content (AvgIpc) is 2.75. The summed E-state index contributed by atoms with van der Waals surface area (Å²) in [6.45, 7) is 0. The normalized spacial score (nSPS) is 13.4. The molecule has 7 heteroatoms. The minimum atomic E-state index is -4.29. The van der Waals surface area contributed by atoms with Gasteiger partial charge in [-0.1, -0.05) is 12.1 Å². The highest BCUT2D eigenvalue weighted by Crippen LogP contribution is 2.36. The molecule has 1 heterocycles. The quantitative estimate of drug-likeness (QED) is 0.631. The molecule has 1 atom stereocenters. The molecule has 0 bridgehead atoms. The molecule has 0 spiro atoms. The Morgan fingerprint density at radius 1 is 1.19 bits per heavy atom. The topological polar surface area (TPSA) is 12.0 Å². The minimum absolute atomic E-state index is 0.0642. The lowest BCUT2D eigenvalue weighted by Gasteiger charge is -2.15. The van der Waals surface area contributed by atoms with Crippen LogP contribution in [0, 0.1) is 0 Å². The molecule has 2 aromatic rings. The number of benzene rings is 1. The number of rotatable bonds is 4. The van der Waals surface area contributed by atoms with Gasteiger partial charge in [0.05, 0.1) is 9.35 Å². The first-order chi connectivity index (χ1) is 9.81. The monoisotopic (exact) mass is 441 g/mol. The molecule has 0 radical (unpaired) electrons. The Morgan fingerprint density at radius 3 is 2.24 bits per heavy atom. The summed E-state index contributed by atoms with van der Waals surface area (Å²) in [5.41, 5.74) is 0.247. The Balaban J connectivity index is 2.15. The highest BCUT2D eigenvalue weighted by molar-refractivity contribution is 9.13. The van der Waals surface area contributed by atoms with Crippen LogP contribution in [0.25, 0.3) is 0 Å². The molecule has 2 rings (SSSR count). The Labute approximate surface area is 141 Å². The molecule has 0 fully saturated rings. The Hall–Kier alpha value is -0.370. The van der Waals surface area contributed by atoms with Gasteiger partial charge in [-0.2, -0.15) is 13.2 Å². The van der Waals surface area contributed by atoms with Gasteiger partial charge in [-0.05, 0) is 69.1 Å². The second-order valence-corrected chi connectivity index (χ2v) is 7.77. The zero-order valence-electron chi connectivity index (χ0n) is 11.0. The summed E-state index contributed by atoms with van der Waals surface area (Å²) in [6, 6.07) is 7.40. The largest absolute Gasteiger partial charge is 0.416 e. The molecule has 0 aliphatic rings. The predicted octanol–water partition coefficient (Wildman–Crippen LogP) is 5.80. The van der Waals surface area contributed by atoms with Crippen molar-refractivity contribution in [2.45, 2.75) is 18.6 Å². The summed E-state index contributed by atoms with van der Waals surface area (Å²) in [5.74, 6) is 0. The number of likely N-dealkylation sites (N-methyl/N-ethyl adjacent to an activating group) is 1. The van der Waals surface area contributed by atoms with E-state index in [2.05, 4.69) is 37.2 Å². The van der Waals surface area contributed by atoms with Gasteiger partial charge in [0.1, 0.15) is 0 Å². The van der Waals surface area contributed by atoms with Crippen LogP contribution in [0.15, 0.2) is 38.6 Å². The Kier molecular flexibility index (Phi) is 5.51. The SMILES string of the molecule is CNC(Cc1ccc(C(F)(F)F)cc1)c1cc(Br)c(Br)s1. The smallest absolute Gasteiger partial charge is 0.312 e. The van der Waals surface area contributed by atoms with Gasteiger partial charge < -0.3 is 5.32 Å². The van der Waals surface area contributed by atoms with E-state index in [1.54, 1.807) is 11.3 Å². The van der Waals surface area contributed by atoms with Crippen molar-refractivity contribution in [3.05, 3.63) is 54.6 Å². The third kappa shape index (κ3) is 4.31. The summed E-state index contributed by atoms with van der Waals surface area (Å²) in [5, 5.41) is 3.20. The number of halogens is 5. The van der Waals surface area contributed by atoms with E-state index in [4.69, 9.17) is 0 Å². The van der Waals surface area contributed by atoms with Gasteiger partial charge in [-0.25, -0.2) is 0 Å². The third-order valence-electron chi connectivity index (χ3n) is 3.08.